The second-order valence-corrected chi connectivity index (χ2v) is 5.29. The molecule has 1 atom stereocenters. The molecule has 3 nitrogen and oxygen atoms in total. The van der Waals surface area contributed by atoms with Gasteiger partial charge in [-0.3, -0.25) is 4.79 Å². The molecule has 1 aliphatic carbocycles. The summed E-state index contributed by atoms with van der Waals surface area (Å²) in [5, 5.41) is 12.8. The van der Waals surface area contributed by atoms with Gasteiger partial charge in [0.25, 0.3) is 0 Å². The van der Waals surface area contributed by atoms with Crippen molar-refractivity contribution in [1.82, 2.24) is 5.32 Å². The normalized spacial score (nSPS) is 22.2. The number of allylic oxidation sites excluding steroid dienone is 4. The van der Waals surface area contributed by atoms with Crippen molar-refractivity contribution >= 4 is 5.78 Å². The standard InChI is InChI=1S/C17H16N2O/c1-11-13(10-18)16(12-6-3-2-4-7-12)17-14(19-11)8-5-9-15(17)20/h2-4,6-7,16,19H,5,8-9H2,1H3/t16-/m0/s1. The van der Waals surface area contributed by atoms with Crippen molar-refractivity contribution in [3.8, 4) is 6.07 Å². The highest BCUT2D eigenvalue weighted by Crippen LogP contribution is 2.41. The number of nitrogens with one attached hydrogen (secondary N) is 1. The van der Waals surface area contributed by atoms with Gasteiger partial charge in [0.05, 0.1) is 17.6 Å². The fraction of sp³-hybridized carbons (Fsp3) is 0.294. The summed E-state index contributed by atoms with van der Waals surface area (Å²) in [6.45, 7) is 1.91. The molecule has 3 heteroatoms. The highest BCUT2D eigenvalue weighted by molar-refractivity contribution is 5.99. The first-order valence-corrected chi connectivity index (χ1v) is 6.91. The lowest BCUT2D eigenvalue weighted by Gasteiger charge is -2.32. The lowest BCUT2D eigenvalue weighted by atomic mass is 9.76. The van der Waals surface area contributed by atoms with Crippen LogP contribution in [0.2, 0.25) is 0 Å². The van der Waals surface area contributed by atoms with Crippen LogP contribution in [0.25, 0.3) is 0 Å². The van der Waals surface area contributed by atoms with Crippen molar-refractivity contribution in [1.29, 1.82) is 5.26 Å². The molecule has 0 amide bonds. The van der Waals surface area contributed by atoms with Gasteiger partial charge in [-0.25, -0.2) is 0 Å². The zero-order chi connectivity index (χ0) is 14.1. The predicted molar refractivity (Wildman–Crippen MR) is 76.5 cm³/mol. The number of dihydropyridines is 1. The van der Waals surface area contributed by atoms with E-state index >= 15 is 0 Å². The fourth-order valence-electron chi connectivity index (χ4n) is 3.11. The lowest BCUT2D eigenvalue weighted by Crippen LogP contribution is -2.31. The summed E-state index contributed by atoms with van der Waals surface area (Å²) in [6.07, 6.45) is 2.36. The van der Waals surface area contributed by atoms with E-state index in [1.165, 1.54) is 0 Å². The Kier molecular flexibility index (Phi) is 3.15. The fourth-order valence-corrected chi connectivity index (χ4v) is 3.11. The average Bonchev–Trinajstić information content (AvgIpc) is 2.47. The van der Waals surface area contributed by atoms with Gasteiger partial charge in [-0.1, -0.05) is 30.3 Å². The molecule has 0 saturated carbocycles. The first-order chi connectivity index (χ1) is 9.72. The number of benzene rings is 1. The van der Waals surface area contributed by atoms with Gasteiger partial charge in [-0.2, -0.15) is 5.26 Å². The molecule has 0 fully saturated rings. The van der Waals surface area contributed by atoms with E-state index in [-0.39, 0.29) is 11.7 Å². The quantitative estimate of drug-likeness (QED) is 0.847. The molecule has 20 heavy (non-hydrogen) atoms. The van der Waals surface area contributed by atoms with E-state index in [0.29, 0.717) is 12.0 Å². The van der Waals surface area contributed by atoms with Crippen molar-refractivity contribution in [2.75, 3.05) is 0 Å². The summed E-state index contributed by atoms with van der Waals surface area (Å²) in [6, 6.07) is 12.1. The van der Waals surface area contributed by atoms with Gasteiger partial charge in [-0.05, 0) is 25.3 Å². The maximum absolute atomic E-state index is 12.4. The lowest BCUT2D eigenvalue weighted by molar-refractivity contribution is -0.116. The topological polar surface area (TPSA) is 52.9 Å². The van der Waals surface area contributed by atoms with E-state index in [1.807, 2.05) is 37.3 Å². The van der Waals surface area contributed by atoms with E-state index in [2.05, 4.69) is 11.4 Å². The maximum Gasteiger partial charge on any atom is 0.161 e. The number of nitriles is 1. The minimum atomic E-state index is -0.203. The molecule has 2 aliphatic rings. The molecule has 1 N–H and O–H groups in total. The Morgan fingerprint density at radius 2 is 2.00 bits per heavy atom. The van der Waals surface area contributed by atoms with Crippen molar-refractivity contribution < 1.29 is 4.79 Å². The van der Waals surface area contributed by atoms with Gasteiger partial charge in [0.15, 0.2) is 5.78 Å². The second kappa shape index (κ2) is 4.97. The molecule has 1 heterocycles. The van der Waals surface area contributed by atoms with Crippen LogP contribution < -0.4 is 5.32 Å². The molecule has 0 bridgehead atoms. The van der Waals surface area contributed by atoms with Crippen LogP contribution in [-0.4, -0.2) is 5.78 Å². The number of rotatable bonds is 1. The first-order valence-electron chi connectivity index (χ1n) is 6.91. The van der Waals surface area contributed by atoms with E-state index in [4.69, 9.17) is 0 Å². The van der Waals surface area contributed by atoms with Gasteiger partial charge in [0.1, 0.15) is 0 Å². The summed E-state index contributed by atoms with van der Waals surface area (Å²) in [5.74, 6) is -0.0295. The molecular formula is C17H16N2O. The molecule has 100 valence electrons. The predicted octanol–water partition coefficient (Wildman–Crippen LogP) is 3.18. The number of Topliss-reactive ketones (excluding diaryl/α,β-unsaturated/α-hetero) is 1. The third kappa shape index (κ3) is 1.94. The van der Waals surface area contributed by atoms with E-state index in [0.717, 1.165) is 35.4 Å². The molecule has 1 aliphatic heterocycles. The maximum atomic E-state index is 12.4. The molecule has 3 rings (SSSR count). The van der Waals surface area contributed by atoms with E-state index < -0.39 is 0 Å². The SMILES string of the molecule is CC1=C(C#N)[C@H](c2ccccc2)C2=C(CCCC2=O)N1. The molecule has 0 radical (unpaired) electrons. The van der Waals surface area contributed by atoms with Gasteiger partial charge in [-0.15, -0.1) is 0 Å². The number of nitrogens with zero attached hydrogens (tertiary/aromatic N) is 1. The minimum absolute atomic E-state index is 0.174. The van der Waals surface area contributed by atoms with Crippen LogP contribution in [0.3, 0.4) is 0 Å². The van der Waals surface area contributed by atoms with E-state index in [1.54, 1.807) is 0 Å². The van der Waals surface area contributed by atoms with Crippen molar-refractivity contribution in [2.45, 2.75) is 32.1 Å². The molecule has 1 aromatic carbocycles. The highest BCUT2D eigenvalue weighted by atomic mass is 16.1. The largest absolute Gasteiger partial charge is 0.361 e. The Labute approximate surface area is 118 Å². The van der Waals surface area contributed by atoms with Crippen LogP contribution >= 0.6 is 0 Å². The highest BCUT2D eigenvalue weighted by Gasteiger charge is 2.35. The summed E-state index contributed by atoms with van der Waals surface area (Å²) in [4.78, 5) is 12.4. The molecule has 0 spiro atoms. The van der Waals surface area contributed by atoms with Crippen LogP contribution in [0.1, 0.15) is 37.7 Å². The van der Waals surface area contributed by atoms with Crippen molar-refractivity contribution in [2.24, 2.45) is 0 Å². The zero-order valence-electron chi connectivity index (χ0n) is 11.4. The Balaban J connectivity index is 2.18. The van der Waals surface area contributed by atoms with Crippen molar-refractivity contribution in [3.63, 3.8) is 0 Å². The molecule has 1 aromatic rings. The number of hydrogen-bond donors (Lipinski definition) is 1. The molecule has 0 aromatic heterocycles. The van der Waals surface area contributed by atoms with Crippen LogP contribution in [0.4, 0.5) is 0 Å². The summed E-state index contributed by atoms with van der Waals surface area (Å²) in [5.41, 5.74) is 4.35. The van der Waals surface area contributed by atoms with Crippen LogP contribution in [0, 0.1) is 11.3 Å². The smallest absolute Gasteiger partial charge is 0.161 e. The monoisotopic (exact) mass is 264 g/mol. The second-order valence-electron chi connectivity index (χ2n) is 5.29. The zero-order valence-corrected chi connectivity index (χ0v) is 11.4. The molecular weight excluding hydrogens is 248 g/mol. The van der Waals surface area contributed by atoms with Crippen LogP contribution in [0.5, 0.6) is 0 Å². The van der Waals surface area contributed by atoms with E-state index in [9.17, 15) is 10.1 Å². The van der Waals surface area contributed by atoms with Crippen molar-refractivity contribution in [3.05, 3.63) is 58.4 Å². The Hall–Kier alpha value is -2.34. The van der Waals surface area contributed by atoms with Crippen LogP contribution in [0.15, 0.2) is 52.9 Å². The van der Waals surface area contributed by atoms with Gasteiger partial charge >= 0.3 is 0 Å². The number of hydrogen-bond acceptors (Lipinski definition) is 3. The first kappa shape index (κ1) is 12.7. The molecule has 0 unspecified atom stereocenters. The Morgan fingerprint density at radius 3 is 2.70 bits per heavy atom. The van der Waals surface area contributed by atoms with Crippen LogP contribution in [-0.2, 0) is 4.79 Å². The van der Waals surface area contributed by atoms with Gasteiger partial charge in [0, 0.05) is 23.4 Å². The number of carbonyl (C=O) groups excluding carboxylic acids is 1. The summed E-state index contributed by atoms with van der Waals surface area (Å²) >= 11 is 0. The Morgan fingerprint density at radius 1 is 1.25 bits per heavy atom. The van der Waals surface area contributed by atoms with Gasteiger partial charge in [0.2, 0.25) is 0 Å². The van der Waals surface area contributed by atoms with Gasteiger partial charge < -0.3 is 5.32 Å². The summed E-state index contributed by atoms with van der Waals surface area (Å²) in [7, 11) is 0. The third-order valence-electron chi connectivity index (χ3n) is 4.03. The Bertz CT molecular complexity index is 662. The number of carbonyl (C=O) groups is 1. The number of ketones is 1. The molecule has 0 saturated heterocycles. The third-order valence-corrected chi connectivity index (χ3v) is 4.03. The average molecular weight is 264 g/mol. The minimum Gasteiger partial charge on any atom is -0.361 e. The summed E-state index contributed by atoms with van der Waals surface area (Å²) < 4.78 is 0.